The van der Waals surface area contributed by atoms with Crippen molar-refractivity contribution in [3.63, 3.8) is 0 Å². The second-order valence-corrected chi connectivity index (χ2v) is 8.44. The molecule has 146 valence electrons. The van der Waals surface area contributed by atoms with Crippen LogP contribution in [0.4, 0.5) is 11.4 Å². The molecule has 0 unspecified atom stereocenters. The van der Waals surface area contributed by atoms with E-state index in [0.717, 1.165) is 44.2 Å². The molecular weight excluding hydrogens is 479 g/mol. The average molecular weight is 498 g/mol. The van der Waals surface area contributed by atoms with Crippen LogP contribution in [-0.4, -0.2) is 28.6 Å². The highest BCUT2D eigenvalue weighted by Crippen LogP contribution is 2.37. The number of methoxy groups -OCH3 is 1. The summed E-state index contributed by atoms with van der Waals surface area (Å²) in [6.07, 6.45) is 7.33. The minimum Gasteiger partial charge on any atom is -0.497 e. The van der Waals surface area contributed by atoms with Crippen molar-refractivity contribution < 1.29 is 9.15 Å². The highest BCUT2D eigenvalue weighted by Gasteiger charge is 2.26. The predicted molar refractivity (Wildman–Crippen MR) is 120 cm³/mol. The van der Waals surface area contributed by atoms with E-state index in [1.165, 1.54) is 19.2 Å². The molecule has 0 radical (unpaired) electrons. The SMILES string of the molecule is COc1cc(I)cc(N(CC2CC2)c2ccc3ncc(-c4cnco4)nc3c2)c1. The summed E-state index contributed by atoms with van der Waals surface area (Å²) in [5.41, 5.74) is 4.58. The number of fused-ring (bicyclic) bond motifs is 1. The minimum atomic E-state index is 0.613. The van der Waals surface area contributed by atoms with E-state index < -0.39 is 0 Å². The minimum absolute atomic E-state index is 0.613. The van der Waals surface area contributed by atoms with Crippen molar-refractivity contribution in [2.45, 2.75) is 12.8 Å². The largest absolute Gasteiger partial charge is 0.497 e. The maximum absolute atomic E-state index is 5.50. The molecule has 7 heteroatoms. The van der Waals surface area contributed by atoms with Crippen molar-refractivity contribution >= 4 is 45.0 Å². The first-order valence-corrected chi connectivity index (χ1v) is 10.6. The van der Waals surface area contributed by atoms with Crippen molar-refractivity contribution in [1.82, 2.24) is 15.0 Å². The quantitative estimate of drug-likeness (QED) is 0.330. The van der Waals surface area contributed by atoms with E-state index in [-0.39, 0.29) is 0 Å². The third-order valence-corrected chi connectivity index (χ3v) is 5.69. The Morgan fingerprint density at radius 1 is 1.10 bits per heavy atom. The Morgan fingerprint density at radius 2 is 2.00 bits per heavy atom. The molecule has 1 saturated carbocycles. The molecule has 1 fully saturated rings. The van der Waals surface area contributed by atoms with Crippen LogP contribution in [0.5, 0.6) is 5.75 Å². The van der Waals surface area contributed by atoms with E-state index >= 15 is 0 Å². The second-order valence-electron chi connectivity index (χ2n) is 7.20. The molecule has 5 rings (SSSR count). The van der Waals surface area contributed by atoms with Gasteiger partial charge in [0.1, 0.15) is 11.4 Å². The topological polar surface area (TPSA) is 64.3 Å². The second kappa shape index (κ2) is 7.62. The summed E-state index contributed by atoms with van der Waals surface area (Å²) in [7, 11) is 1.71. The summed E-state index contributed by atoms with van der Waals surface area (Å²) in [5.74, 6) is 2.20. The van der Waals surface area contributed by atoms with Crippen LogP contribution in [0, 0.1) is 9.49 Å². The van der Waals surface area contributed by atoms with Crippen LogP contribution in [0.1, 0.15) is 12.8 Å². The molecule has 2 heterocycles. The highest BCUT2D eigenvalue weighted by atomic mass is 127. The fourth-order valence-corrected chi connectivity index (χ4v) is 3.99. The normalized spacial score (nSPS) is 13.6. The van der Waals surface area contributed by atoms with Crippen molar-refractivity contribution in [2.24, 2.45) is 5.92 Å². The van der Waals surface area contributed by atoms with Crippen molar-refractivity contribution in [1.29, 1.82) is 0 Å². The fraction of sp³-hybridized carbons (Fsp3) is 0.227. The smallest absolute Gasteiger partial charge is 0.181 e. The molecular formula is C22H19IN4O2. The zero-order valence-corrected chi connectivity index (χ0v) is 18.0. The van der Waals surface area contributed by atoms with Gasteiger partial charge in [-0.25, -0.2) is 9.97 Å². The number of ether oxygens (including phenoxy) is 1. The summed E-state index contributed by atoms with van der Waals surface area (Å²) >= 11 is 2.34. The lowest BCUT2D eigenvalue weighted by molar-refractivity contribution is 0.414. The van der Waals surface area contributed by atoms with Gasteiger partial charge in [0.15, 0.2) is 12.2 Å². The summed E-state index contributed by atoms with van der Waals surface area (Å²) < 4.78 is 12.0. The number of anilines is 2. The van der Waals surface area contributed by atoms with Gasteiger partial charge < -0.3 is 14.1 Å². The van der Waals surface area contributed by atoms with Gasteiger partial charge in [0.2, 0.25) is 0 Å². The molecule has 0 amide bonds. The number of hydrogen-bond donors (Lipinski definition) is 0. The number of aromatic nitrogens is 3. The number of benzene rings is 2. The third kappa shape index (κ3) is 3.91. The molecule has 2 aromatic carbocycles. The molecule has 0 spiro atoms. The van der Waals surface area contributed by atoms with Gasteiger partial charge in [-0.05, 0) is 71.7 Å². The Bertz CT molecular complexity index is 1160. The Balaban J connectivity index is 1.58. The molecule has 0 saturated heterocycles. The van der Waals surface area contributed by atoms with Crippen LogP contribution in [0.25, 0.3) is 22.5 Å². The molecule has 1 aliphatic rings. The standard InChI is InChI=1S/C22H19IN4O2/c1-28-18-7-15(23)6-17(8-18)27(12-14-2-3-14)16-4-5-19-20(9-16)26-21(10-25-19)22-11-24-13-29-22/h4-11,13-14H,2-3,12H2,1H3. The van der Waals surface area contributed by atoms with E-state index in [9.17, 15) is 0 Å². The number of nitrogens with zero attached hydrogens (tertiary/aromatic N) is 4. The third-order valence-electron chi connectivity index (χ3n) is 5.06. The van der Waals surface area contributed by atoms with Gasteiger partial charge in [-0.15, -0.1) is 0 Å². The van der Waals surface area contributed by atoms with Crippen LogP contribution in [0.3, 0.4) is 0 Å². The van der Waals surface area contributed by atoms with Crippen molar-refractivity contribution in [2.75, 3.05) is 18.6 Å². The van der Waals surface area contributed by atoms with Crippen molar-refractivity contribution in [3.8, 4) is 17.2 Å². The molecule has 29 heavy (non-hydrogen) atoms. The molecule has 0 atom stereocenters. The van der Waals surface area contributed by atoms with E-state index in [1.807, 2.05) is 12.1 Å². The van der Waals surface area contributed by atoms with Crippen LogP contribution >= 0.6 is 22.6 Å². The summed E-state index contributed by atoms with van der Waals surface area (Å²) in [6.45, 7) is 0.976. The molecule has 1 aliphatic carbocycles. The van der Waals surface area contributed by atoms with Crippen LogP contribution < -0.4 is 9.64 Å². The number of oxazole rings is 1. The van der Waals surface area contributed by atoms with Gasteiger partial charge in [0.05, 0.1) is 30.5 Å². The molecule has 2 aromatic heterocycles. The van der Waals surface area contributed by atoms with Gasteiger partial charge in [0, 0.05) is 27.6 Å². The van der Waals surface area contributed by atoms with E-state index in [1.54, 1.807) is 19.5 Å². The Hall–Kier alpha value is -2.68. The average Bonchev–Trinajstić information content (AvgIpc) is 3.40. The van der Waals surface area contributed by atoms with Crippen LogP contribution in [0.15, 0.2) is 59.6 Å². The zero-order valence-electron chi connectivity index (χ0n) is 15.9. The Morgan fingerprint density at radius 3 is 2.76 bits per heavy atom. The van der Waals surface area contributed by atoms with Crippen molar-refractivity contribution in [3.05, 3.63) is 58.8 Å². The first kappa shape index (κ1) is 18.4. The maximum atomic E-state index is 5.50. The van der Waals surface area contributed by atoms with Crippen LogP contribution in [0.2, 0.25) is 0 Å². The van der Waals surface area contributed by atoms with E-state index in [2.05, 4.69) is 61.7 Å². The Kier molecular flexibility index (Phi) is 4.83. The van der Waals surface area contributed by atoms with Gasteiger partial charge in [-0.3, -0.25) is 4.98 Å². The molecule has 6 nitrogen and oxygen atoms in total. The first-order chi connectivity index (χ1) is 14.2. The monoisotopic (exact) mass is 498 g/mol. The Labute approximate surface area is 182 Å². The number of hydrogen-bond acceptors (Lipinski definition) is 6. The predicted octanol–water partition coefficient (Wildman–Crippen LogP) is 5.45. The molecule has 0 bridgehead atoms. The molecule has 0 N–H and O–H groups in total. The lowest BCUT2D eigenvalue weighted by Gasteiger charge is -2.26. The summed E-state index contributed by atoms with van der Waals surface area (Å²) in [5, 5.41) is 0. The lowest BCUT2D eigenvalue weighted by Crippen LogP contribution is -2.20. The highest BCUT2D eigenvalue weighted by molar-refractivity contribution is 14.1. The zero-order chi connectivity index (χ0) is 19.8. The van der Waals surface area contributed by atoms with Gasteiger partial charge in [-0.1, -0.05) is 0 Å². The number of halogens is 1. The van der Waals surface area contributed by atoms with Crippen LogP contribution in [-0.2, 0) is 0 Å². The molecule has 0 aliphatic heterocycles. The van der Waals surface area contributed by atoms with Gasteiger partial charge >= 0.3 is 0 Å². The maximum Gasteiger partial charge on any atom is 0.181 e. The fourth-order valence-electron chi connectivity index (χ4n) is 3.37. The van der Waals surface area contributed by atoms with E-state index in [0.29, 0.717) is 11.5 Å². The summed E-state index contributed by atoms with van der Waals surface area (Å²) in [4.78, 5) is 15.6. The molecule has 4 aromatic rings. The van der Waals surface area contributed by atoms with Gasteiger partial charge in [0.25, 0.3) is 0 Å². The number of rotatable bonds is 6. The lowest BCUT2D eigenvalue weighted by atomic mass is 10.2. The summed E-state index contributed by atoms with van der Waals surface area (Å²) in [6, 6.07) is 12.5. The van der Waals surface area contributed by atoms with E-state index in [4.69, 9.17) is 14.1 Å². The first-order valence-electron chi connectivity index (χ1n) is 9.47. The van der Waals surface area contributed by atoms with Gasteiger partial charge in [-0.2, -0.15) is 0 Å².